The van der Waals surface area contributed by atoms with Gasteiger partial charge >= 0.3 is 0 Å². The second kappa shape index (κ2) is 4.85. The molecule has 0 saturated heterocycles. The van der Waals surface area contributed by atoms with Gasteiger partial charge in [-0.25, -0.2) is 0 Å². The van der Waals surface area contributed by atoms with Crippen molar-refractivity contribution in [2.75, 3.05) is 7.11 Å². The number of hydrogen-bond acceptors (Lipinski definition) is 3. The highest BCUT2D eigenvalue weighted by atomic mass is 16.5. The van der Waals surface area contributed by atoms with Crippen molar-refractivity contribution in [1.82, 2.24) is 0 Å². The Morgan fingerprint density at radius 2 is 2.19 bits per heavy atom. The van der Waals surface area contributed by atoms with Crippen LogP contribution in [0, 0.1) is 5.92 Å². The Labute approximate surface area is 96.2 Å². The number of aliphatic hydroxyl groups excluding tert-OH is 1. The summed E-state index contributed by atoms with van der Waals surface area (Å²) in [5, 5.41) is 10.1. The molecule has 1 aromatic carbocycles. The standard InChI is InChI=1S/C13H19NO2/c1-16-11-7-3-6-10(8-11)12(14)13(15)9-4-2-5-9/h3,6-9,12-13,15H,2,4-5,14H2,1H3/t12-,13+/m1/s1. The van der Waals surface area contributed by atoms with Gasteiger partial charge in [-0.1, -0.05) is 18.6 Å². The lowest BCUT2D eigenvalue weighted by Crippen LogP contribution is -2.36. The van der Waals surface area contributed by atoms with Crippen LogP contribution in [0.5, 0.6) is 5.75 Å². The fourth-order valence-electron chi connectivity index (χ4n) is 2.12. The van der Waals surface area contributed by atoms with Crippen LogP contribution in [0.15, 0.2) is 24.3 Å². The molecule has 0 bridgehead atoms. The van der Waals surface area contributed by atoms with Gasteiger partial charge in [0.2, 0.25) is 0 Å². The Hall–Kier alpha value is -1.06. The Balaban J connectivity index is 2.09. The number of hydrogen-bond donors (Lipinski definition) is 2. The van der Waals surface area contributed by atoms with Crippen LogP contribution in [0.1, 0.15) is 30.9 Å². The third kappa shape index (κ3) is 2.20. The van der Waals surface area contributed by atoms with E-state index in [0.717, 1.165) is 24.2 Å². The summed E-state index contributed by atoms with van der Waals surface area (Å²) in [6, 6.07) is 7.31. The van der Waals surface area contributed by atoms with Crippen LogP contribution < -0.4 is 10.5 Å². The molecule has 3 nitrogen and oxygen atoms in total. The molecule has 1 fully saturated rings. The van der Waals surface area contributed by atoms with Crippen molar-refractivity contribution in [3.63, 3.8) is 0 Å². The van der Waals surface area contributed by atoms with Crippen molar-refractivity contribution < 1.29 is 9.84 Å². The first-order chi connectivity index (χ1) is 7.72. The molecular weight excluding hydrogens is 202 g/mol. The first-order valence-corrected chi connectivity index (χ1v) is 5.80. The van der Waals surface area contributed by atoms with E-state index < -0.39 is 6.10 Å². The molecule has 1 saturated carbocycles. The molecule has 1 aliphatic carbocycles. The fraction of sp³-hybridized carbons (Fsp3) is 0.538. The first-order valence-electron chi connectivity index (χ1n) is 5.80. The van der Waals surface area contributed by atoms with E-state index in [9.17, 15) is 5.11 Å². The lowest BCUT2D eigenvalue weighted by atomic mass is 9.77. The first kappa shape index (κ1) is 11.4. The van der Waals surface area contributed by atoms with Crippen molar-refractivity contribution in [2.24, 2.45) is 11.7 Å². The zero-order chi connectivity index (χ0) is 11.5. The van der Waals surface area contributed by atoms with E-state index in [1.54, 1.807) is 7.11 Å². The topological polar surface area (TPSA) is 55.5 Å². The number of methoxy groups -OCH3 is 1. The summed E-state index contributed by atoms with van der Waals surface area (Å²) in [7, 11) is 1.63. The average molecular weight is 221 g/mol. The van der Waals surface area contributed by atoms with E-state index in [1.807, 2.05) is 24.3 Å². The molecule has 3 N–H and O–H groups in total. The van der Waals surface area contributed by atoms with Gasteiger partial charge in [-0.3, -0.25) is 0 Å². The highest BCUT2D eigenvalue weighted by molar-refractivity contribution is 5.31. The molecule has 0 spiro atoms. The van der Waals surface area contributed by atoms with E-state index in [0.29, 0.717) is 5.92 Å². The second-order valence-corrected chi connectivity index (χ2v) is 4.48. The quantitative estimate of drug-likeness (QED) is 0.816. The lowest BCUT2D eigenvalue weighted by molar-refractivity contribution is 0.0413. The van der Waals surface area contributed by atoms with Crippen LogP contribution in [-0.4, -0.2) is 18.3 Å². The number of benzene rings is 1. The van der Waals surface area contributed by atoms with Crippen LogP contribution in [0.4, 0.5) is 0 Å². The Kier molecular flexibility index (Phi) is 3.46. The van der Waals surface area contributed by atoms with Gasteiger partial charge < -0.3 is 15.6 Å². The molecule has 0 heterocycles. The van der Waals surface area contributed by atoms with Gasteiger partial charge in [0.25, 0.3) is 0 Å². The summed E-state index contributed by atoms with van der Waals surface area (Å²) >= 11 is 0. The SMILES string of the molecule is COc1cccc([C@@H](N)[C@@H](O)C2CCC2)c1. The van der Waals surface area contributed by atoms with Gasteiger partial charge in [0.15, 0.2) is 0 Å². The monoisotopic (exact) mass is 221 g/mol. The minimum Gasteiger partial charge on any atom is -0.497 e. The molecule has 88 valence electrons. The molecule has 0 aliphatic heterocycles. The van der Waals surface area contributed by atoms with Crippen molar-refractivity contribution in [3.05, 3.63) is 29.8 Å². The molecule has 0 unspecified atom stereocenters. The normalized spacial score (nSPS) is 19.9. The van der Waals surface area contributed by atoms with Crippen molar-refractivity contribution >= 4 is 0 Å². The molecule has 2 atom stereocenters. The van der Waals surface area contributed by atoms with Crippen LogP contribution in [-0.2, 0) is 0 Å². The van der Waals surface area contributed by atoms with Gasteiger partial charge in [-0.05, 0) is 36.5 Å². The van der Waals surface area contributed by atoms with Crippen LogP contribution in [0.3, 0.4) is 0 Å². The third-order valence-corrected chi connectivity index (χ3v) is 3.48. The number of rotatable bonds is 4. The summed E-state index contributed by atoms with van der Waals surface area (Å²) < 4.78 is 5.15. The van der Waals surface area contributed by atoms with Crippen molar-refractivity contribution in [1.29, 1.82) is 0 Å². The maximum atomic E-state index is 10.1. The molecule has 2 rings (SSSR count). The van der Waals surface area contributed by atoms with Gasteiger partial charge in [-0.15, -0.1) is 0 Å². The molecule has 3 heteroatoms. The van der Waals surface area contributed by atoms with Crippen molar-refractivity contribution in [2.45, 2.75) is 31.4 Å². The number of aliphatic hydroxyl groups is 1. The largest absolute Gasteiger partial charge is 0.497 e. The molecular formula is C13H19NO2. The van der Waals surface area contributed by atoms with Gasteiger partial charge in [0, 0.05) is 0 Å². The summed E-state index contributed by atoms with van der Waals surface area (Å²) in [4.78, 5) is 0. The predicted molar refractivity (Wildman–Crippen MR) is 63.3 cm³/mol. The van der Waals surface area contributed by atoms with Crippen LogP contribution in [0.25, 0.3) is 0 Å². The lowest BCUT2D eigenvalue weighted by Gasteiger charge is -2.33. The Bertz CT molecular complexity index is 350. The molecule has 1 aliphatic rings. The zero-order valence-corrected chi connectivity index (χ0v) is 9.60. The number of nitrogens with two attached hydrogens (primary N) is 1. The molecule has 0 radical (unpaired) electrons. The predicted octanol–water partition coefficient (Wildman–Crippen LogP) is 1.86. The summed E-state index contributed by atoms with van der Waals surface area (Å²) in [6.07, 6.45) is 2.98. The molecule has 0 amide bonds. The van der Waals surface area contributed by atoms with E-state index in [-0.39, 0.29) is 6.04 Å². The average Bonchev–Trinajstić information content (AvgIpc) is 2.25. The summed E-state index contributed by atoms with van der Waals surface area (Å²) in [5.41, 5.74) is 7.01. The van der Waals surface area contributed by atoms with Crippen LogP contribution >= 0.6 is 0 Å². The fourth-order valence-corrected chi connectivity index (χ4v) is 2.12. The highest BCUT2D eigenvalue weighted by Crippen LogP contribution is 2.34. The van der Waals surface area contributed by atoms with Gasteiger partial charge in [0.1, 0.15) is 5.75 Å². The highest BCUT2D eigenvalue weighted by Gasteiger charge is 2.30. The molecule has 0 aromatic heterocycles. The van der Waals surface area contributed by atoms with Gasteiger partial charge in [-0.2, -0.15) is 0 Å². The van der Waals surface area contributed by atoms with E-state index in [4.69, 9.17) is 10.5 Å². The van der Waals surface area contributed by atoms with Gasteiger partial charge in [0.05, 0.1) is 19.3 Å². The Morgan fingerprint density at radius 1 is 1.44 bits per heavy atom. The molecule has 16 heavy (non-hydrogen) atoms. The minimum atomic E-state index is -0.430. The minimum absolute atomic E-state index is 0.305. The summed E-state index contributed by atoms with van der Waals surface area (Å²) in [5.74, 6) is 1.16. The van der Waals surface area contributed by atoms with E-state index in [2.05, 4.69) is 0 Å². The summed E-state index contributed by atoms with van der Waals surface area (Å²) in [6.45, 7) is 0. The van der Waals surface area contributed by atoms with E-state index >= 15 is 0 Å². The maximum absolute atomic E-state index is 10.1. The Morgan fingerprint density at radius 3 is 2.75 bits per heavy atom. The second-order valence-electron chi connectivity index (χ2n) is 4.48. The maximum Gasteiger partial charge on any atom is 0.119 e. The smallest absolute Gasteiger partial charge is 0.119 e. The van der Waals surface area contributed by atoms with Crippen LogP contribution in [0.2, 0.25) is 0 Å². The van der Waals surface area contributed by atoms with E-state index in [1.165, 1.54) is 6.42 Å². The van der Waals surface area contributed by atoms with Crippen molar-refractivity contribution in [3.8, 4) is 5.75 Å². The third-order valence-electron chi connectivity index (χ3n) is 3.48. The molecule has 1 aromatic rings. The zero-order valence-electron chi connectivity index (χ0n) is 9.60. The number of ether oxygens (including phenoxy) is 1.